The first-order chi connectivity index (χ1) is 21.6. The first-order valence-corrected chi connectivity index (χ1v) is 15.5. The second-order valence-corrected chi connectivity index (χ2v) is 11.8. The normalized spacial score (nSPS) is 12.2. The van der Waals surface area contributed by atoms with Gasteiger partial charge in [0.05, 0.1) is 5.69 Å². The lowest BCUT2D eigenvalue weighted by atomic mass is 10.1. The molecular formula is C42H43NO2. The molecule has 3 heteroatoms. The molecule has 2 atom stereocenters. The Morgan fingerprint density at radius 2 is 0.889 bits per heavy atom. The molecule has 3 nitrogen and oxygen atoms in total. The molecule has 228 valence electrons. The van der Waals surface area contributed by atoms with Crippen LogP contribution in [0.2, 0.25) is 0 Å². The molecule has 0 radical (unpaired) electrons. The van der Waals surface area contributed by atoms with Crippen LogP contribution in [-0.2, 0) is 0 Å². The molecule has 0 aromatic heterocycles. The third-order valence-corrected chi connectivity index (χ3v) is 8.53. The fourth-order valence-corrected chi connectivity index (χ4v) is 5.35. The highest BCUT2D eigenvalue weighted by Crippen LogP contribution is 2.41. The van der Waals surface area contributed by atoms with Gasteiger partial charge in [0.1, 0.15) is 23.7 Å². The minimum atomic E-state index is -0.174. The number of benzene rings is 5. The van der Waals surface area contributed by atoms with Gasteiger partial charge in [0, 0.05) is 29.6 Å². The predicted octanol–water partition coefficient (Wildman–Crippen LogP) is 12.0. The van der Waals surface area contributed by atoms with E-state index in [1.54, 1.807) is 0 Å². The Balaban J connectivity index is 1.60. The minimum absolute atomic E-state index is 0.174. The highest BCUT2D eigenvalue weighted by atomic mass is 16.5. The van der Waals surface area contributed by atoms with Crippen LogP contribution in [0.4, 0.5) is 17.1 Å². The van der Waals surface area contributed by atoms with Gasteiger partial charge in [-0.3, -0.25) is 0 Å². The van der Waals surface area contributed by atoms with Gasteiger partial charge >= 0.3 is 0 Å². The van der Waals surface area contributed by atoms with E-state index in [4.69, 9.17) is 9.47 Å². The van der Waals surface area contributed by atoms with Gasteiger partial charge in [0.2, 0.25) is 0 Å². The molecule has 0 aliphatic heterocycles. The third kappa shape index (κ3) is 7.38. The smallest absolute Gasteiger partial charge is 0.126 e. The molecule has 5 aromatic carbocycles. The molecular weight excluding hydrogens is 550 g/mol. The summed E-state index contributed by atoms with van der Waals surface area (Å²) in [6.07, 6.45) is 3.35. The zero-order valence-electron chi connectivity index (χ0n) is 27.3. The number of hydrogen-bond donors (Lipinski definition) is 0. The molecule has 0 bridgehead atoms. The molecule has 0 N–H and O–H groups in total. The Hall–Kier alpha value is -5.02. The number of aryl methyl sites for hydroxylation is 4. The number of nitrogens with zero attached hydrogens (tertiary/aromatic N) is 1. The maximum absolute atomic E-state index is 6.64. The summed E-state index contributed by atoms with van der Waals surface area (Å²) in [4.78, 5) is 2.28. The van der Waals surface area contributed by atoms with Gasteiger partial charge < -0.3 is 14.4 Å². The van der Waals surface area contributed by atoms with Gasteiger partial charge in [-0.05, 0) is 110 Å². The molecule has 0 fully saturated rings. The zero-order valence-corrected chi connectivity index (χ0v) is 27.3. The topological polar surface area (TPSA) is 21.7 Å². The maximum Gasteiger partial charge on any atom is 0.126 e. The molecule has 0 aliphatic carbocycles. The Morgan fingerprint density at radius 3 is 1.24 bits per heavy atom. The number of anilines is 3. The van der Waals surface area contributed by atoms with Crippen molar-refractivity contribution in [3.05, 3.63) is 161 Å². The maximum atomic E-state index is 6.64. The Labute approximate surface area is 269 Å². The summed E-state index contributed by atoms with van der Waals surface area (Å²) in [5.74, 6) is 1.46. The van der Waals surface area contributed by atoms with E-state index in [1.165, 1.54) is 22.3 Å². The van der Waals surface area contributed by atoms with Crippen LogP contribution in [-0.4, -0.2) is 0 Å². The molecule has 45 heavy (non-hydrogen) atoms. The number of rotatable bonds is 11. The van der Waals surface area contributed by atoms with E-state index in [2.05, 4.69) is 157 Å². The average molecular weight is 594 g/mol. The van der Waals surface area contributed by atoms with E-state index in [0.29, 0.717) is 0 Å². The summed E-state index contributed by atoms with van der Waals surface area (Å²) in [5.41, 5.74) is 12.4. The SMILES string of the molecule is C=Cc1ccc(C(C)Oc2cc(OC(C)c3ccc(C=C)cc3)cc(N(c3ccc(C)c(C)c3)c3ccc(C)c(C)c3)c2)cc1. The summed E-state index contributed by atoms with van der Waals surface area (Å²) in [7, 11) is 0. The van der Waals surface area contributed by atoms with Crippen molar-refractivity contribution in [2.75, 3.05) is 4.90 Å². The number of hydrogen-bond acceptors (Lipinski definition) is 3. The van der Waals surface area contributed by atoms with Crippen molar-refractivity contribution in [1.29, 1.82) is 0 Å². The summed E-state index contributed by atoms with van der Waals surface area (Å²) >= 11 is 0. The molecule has 2 unspecified atom stereocenters. The fourth-order valence-electron chi connectivity index (χ4n) is 5.35. The van der Waals surface area contributed by atoms with E-state index >= 15 is 0 Å². The van der Waals surface area contributed by atoms with Crippen LogP contribution >= 0.6 is 0 Å². The van der Waals surface area contributed by atoms with Crippen LogP contribution in [0.5, 0.6) is 11.5 Å². The molecule has 0 heterocycles. The highest BCUT2D eigenvalue weighted by molar-refractivity contribution is 5.79. The monoisotopic (exact) mass is 593 g/mol. The van der Waals surface area contributed by atoms with E-state index in [-0.39, 0.29) is 12.2 Å². The van der Waals surface area contributed by atoms with Crippen molar-refractivity contribution in [2.45, 2.75) is 53.8 Å². The van der Waals surface area contributed by atoms with E-state index in [0.717, 1.165) is 50.8 Å². The second kappa shape index (κ2) is 13.7. The average Bonchev–Trinajstić information content (AvgIpc) is 3.04. The van der Waals surface area contributed by atoms with Crippen molar-refractivity contribution >= 4 is 29.2 Å². The van der Waals surface area contributed by atoms with Crippen molar-refractivity contribution in [1.82, 2.24) is 0 Å². The highest BCUT2D eigenvalue weighted by Gasteiger charge is 2.19. The first-order valence-electron chi connectivity index (χ1n) is 15.5. The molecule has 5 rings (SSSR count). The number of ether oxygens (including phenoxy) is 2. The zero-order chi connectivity index (χ0) is 32.1. The first kappa shape index (κ1) is 31.4. The fraction of sp³-hybridized carbons (Fsp3) is 0.190. The Morgan fingerprint density at radius 1 is 0.489 bits per heavy atom. The quantitative estimate of drug-likeness (QED) is 0.152. The van der Waals surface area contributed by atoms with Gasteiger partial charge in [-0.15, -0.1) is 0 Å². The van der Waals surface area contributed by atoms with Crippen LogP contribution in [0.3, 0.4) is 0 Å². The van der Waals surface area contributed by atoms with Gasteiger partial charge in [-0.25, -0.2) is 0 Å². The van der Waals surface area contributed by atoms with Crippen LogP contribution in [0.25, 0.3) is 12.2 Å². The van der Waals surface area contributed by atoms with Crippen molar-refractivity contribution in [3.8, 4) is 11.5 Å². The summed E-state index contributed by atoms with van der Waals surface area (Å²) in [6.45, 7) is 20.5. The summed E-state index contributed by atoms with van der Waals surface area (Å²) in [6, 6.07) is 36.0. The van der Waals surface area contributed by atoms with Gasteiger partial charge in [-0.2, -0.15) is 0 Å². The van der Waals surface area contributed by atoms with Crippen LogP contribution in [0.15, 0.2) is 116 Å². The van der Waals surface area contributed by atoms with Gasteiger partial charge in [0.25, 0.3) is 0 Å². The minimum Gasteiger partial charge on any atom is -0.486 e. The molecule has 0 amide bonds. The lowest BCUT2D eigenvalue weighted by molar-refractivity contribution is 0.214. The lowest BCUT2D eigenvalue weighted by Gasteiger charge is -2.28. The lowest BCUT2D eigenvalue weighted by Crippen LogP contribution is -2.12. The van der Waals surface area contributed by atoms with Crippen LogP contribution in [0.1, 0.15) is 70.6 Å². The van der Waals surface area contributed by atoms with Crippen molar-refractivity contribution in [2.24, 2.45) is 0 Å². The van der Waals surface area contributed by atoms with Gasteiger partial charge in [-0.1, -0.05) is 86.0 Å². The standard InChI is InChI=1S/C42H43NO2/c1-9-34-13-17-36(18-14-34)32(7)44-41-25-40(26-42(27-41)45-33(8)37-19-15-35(10-2)16-20-37)43(38-21-11-28(3)30(5)23-38)39-22-12-29(4)31(6)24-39/h9-27,32-33H,1-2H2,3-8H3. The molecule has 0 saturated heterocycles. The third-order valence-electron chi connectivity index (χ3n) is 8.53. The van der Waals surface area contributed by atoms with Crippen LogP contribution < -0.4 is 14.4 Å². The summed E-state index contributed by atoms with van der Waals surface area (Å²) in [5, 5.41) is 0. The molecule has 0 aliphatic rings. The van der Waals surface area contributed by atoms with E-state index in [9.17, 15) is 0 Å². The van der Waals surface area contributed by atoms with E-state index < -0.39 is 0 Å². The molecule has 0 spiro atoms. The summed E-state index contributed by atoms with van der Waals surface area (Å²) < 4.78 is 13.3. The Bertz CT molecular complexity index is 1670. The largest absolute Gasteiger partial charge is 0.486 e. The van der Waals surface area contributed by atoms with Crippen molar-refractivity contribution in [3.63, 3.8) is 0 Å². The van der Waals surface area contributed by atoms with Crippen molar-refractivity contribution < 1.29 is 9.47 Å². The van der Waals surface area contributed by atoms with Gasteiger partial charge in [0.15, 0.2) is 0 Å². The Kier molecular flexibility index (Phi) is 9.59. The molecule has 5 aromatic rings. The van der Waals surface area contributed by atoms with Crippen LogP contribution in [0, 0.1) is 27.7 Å². The van der Waals surface area contributed by atoms with E-state index in [1.807, 2.05) is 18.2 Å². The predicted molar refractivity (Wildman–Crippen MR) is 191 cm³/mol. The molecule has 0 saturated carbocycles. The second-order valence-electron chi connectivity index (χ2n) is 11.8.